The SMILES string of the molecule is COc1cccc(C2CCN(C(=O)c3ccc(C(=O)Nc4ccc(-n5cncn5)cc4)s3)C2)c1. The lowest BCUT2D eigenvalue weighted by Crippen LogP contribution is -2.27. The molecule has 1 N–H and O–H groups in total. The number of methoxy groups -OCH3 is 1. The Morgan fingerprint density at radius 1 is 1.09 bits per heavy atom. The molecule has 4 aromatic rings. The van der Waals surface area contributed by atoms with Crippen molar-refractivity contribution in [1.82, 2.24) is 19.7 Å². The topological polar surface area (TPSA) is 89.4 Å². The molecular weight excluding hydrogens is 450 g/mol. The van der Waals surface area contributed by atoms with Gasteiger partial charge in [-0.25, -0.2) is 9.67 Å². The maximum absolute atomic E-state index is 13.1. The number of carbonyl (C=O) groups excluding carboxylic acids is 2. The van der Waals surface area contributed by atoms with Gasteiger partial charge >= 0.3 is 0 Å². The number of carbonyl (C=O) groups is 2. The number of nitrogens with zero attached hydrogens (tertiary/aromatic N) is 4. The minimum Gasteiger partial charge on any atom is -0.497 e. The molecule has 0 bridgehead atoms. The molecule has 1 atom stereocenters. The van der Waals surface area contributed by atoms with Crippen molar-refractivity contribution in [3.8, 4) is 11.4 Å². The van der Waals surface area contributed by atoms with Crippen LogP contribution in [-0.2, 0) is 0 Å². The van der Waals surface area contributed by atoms with E-state index in [0.29, 0.717) is 28.5 Å². The van der Waals surface area contributed by atoms with Crippen molar-refractivity contribution >= 4 is 28.8 Å². The van der Waals surface area contributed by atoms with Gasteiger partial charge in [0.2, 0.25) is 0 Å². The maximum Gasteiger partial charge on any atom is 0.265 e. The van der Waals surface area contributed by atoms with Crippen LogP contribution in [0.1, 0.15) is 37.2 Å². The summed E-state index contributed by atoms with van der Waals surface area (Å²) in [7, 11) is 1.65. The van der Waals surface area contributed by atoms with Gasteiger partial charge in [0.1, 0.15) is 18.4 Å². The van der Waals surface area contributed by atoms with E-state index >= 15 is 0 Å². The van der Waals surface area contributed by atoms with E-state index in [0.717, 1.165) is 17.9 Å². The van der Waals surface area contributed by atoms with Crippen molar-refractivity contribution in [2.45, 2.75) is 12.3 Å². The fourth-order valence-corrected chi connectivity index (χ4v) is 4.94. The average Bonchev–Trinajstić information content (AvgIpc) is 3.66. The van der Waals surface area contributed by atoms with Crippen molar-refractivity contribution in [2.75, 3.05) is 25.5 Å². The Morgan fingerprint density at radius 2 is 1.91 bits per heavy atom. The van der Waals surface area contributed by atoms with E-state index in [-0.39, 0.29) is 17.7 Å². The number of ether oxygens (including phenoxy) is 1. The number of thiophene rings is 1. The highest BCUT2D eigenvalue weighted by Gasteiger charge is 2.29. The monoisotopic (exact) mass is 473 g/mol. The van der Waals surface area contributed by atoms with Crippen LogP contribution in [0.2, 0.25) is 0 Å². The summed E-state index contributed by atoms with van der Waals surface area (Å²) >= 11 is 1.21. The van der Waals surface area contributed by atoms with E-state index in [1.165, 1.54) is 23.2 Å². The lowest BCUT2D eigenvalue weighted by molar-refractivity contribution is 0.0795. The highest BCUT2D eigenvalue weighted by atomic mass is 32.1. The van der Waals surface area contributed by atoms with Crippen LogP contribution in [0.25, 0.3) is 5.69 Å². The van der Waals surface area contributed by atoms with Crippen LogP contribution in [0.4, 0.5) is 5.69 Å². The summed E-state index contributed by atoms with van der Waals surface area (Å²) in [5.41, 5.74) is 2.68. The van der Waals surface area contributed by atoms with Gasteiger partial charge in [-0.05, 0) is 60.5 Å². The minimum atomic E-state index is -0.242. The highest BCUT2D eigenvalue weighted by molar-refractivity contribution is 7.16. The summed E-state index contributed by atoms with van der Waals surface area (Å²) in [4.78, 5) is 32.6. The molecule has 0 aliphatic carbocycles. The smallest absolute Gasteiger partial charge is 0.265 e. The zero-order valence-electron chi connectivity index (χ0n) is 18.5. The fourth-order valence-electron chi connectivity index (χ4n) is 4.07. The van der Waals surface area contributed by atoms with Crippen molar-refractivity contribution < 1.29 is 14.3 Å². The normalized spacial score (nSPS) is 15.3. The van der Waals surface area contributed by atoms with Crippen LogP contribution in [0.15, 0.2) is 73.3 Å². The van der Waals surface area contributed by atoms with Gasteiger partial charge in [0.15, 0.2) is 0 Å². The molecule has 34 heavy (non-hydrogen) atoms. The van der Waals surface area contributed by atoms with Crippen LogP contribution >= 0.6 is 11.3 Å². The highest BCUT2D eigenvalue weighted by Crippen LogP contribution is 2.31. The number of benzene rings is 2. The molecule has 3 heterocycles. The molecule has 0 spiro atoms. The quantitative estimate of drug-likeness (QED) is 0.453. The van der Waals surface area contributed by atoms with Gasteiger partial charge in [-0.1, -0.05) is 12.1 Å². The molecule has 2 aromatic heterocycles. The molecule has 1 unspecified atom stereocenters. The number of anilines is 1. The summed E-state index contributed by atoms with van der Waals surface area (Å²) in [5, 5.41) is 6.97. The Bertz CT molecular complexity index is 1300. The van der Waals surface area contributed by atoms with Gasteiger partial charge in [0, 0.05) is 24.7 Å². The number of hydrogen-bond donors (Lipinski definition) is 1. The van der Waals surface area contributed by atoms with Crippen LogP contribution in [-0.4, -0.2) is 51.7 Å². The van der Waals surface area contributed by atoms with Gasteiger partial charge in [-0.2, -0.15) is 5.10 Å². The molecule has 1 aliphatic heterocycles. The van der Waals surface area contributed by atoms with E-state index in [1.54, 1.807) is 42.4 Å². The van der Waals surface area contributed by atoms with E-state index in [2.05, 4.69) is 21.5 Å². The largest absolute Gasteiger partial charge is 0.497 e. The lowest BCUT2D eigenvalue weighted by Gasteiger charge is -2.16. The average molecular weight is 474 g/mol. The molecule has 1 saturated heterocycles. The van der Waals surface area contributed by atoms with Gasteiger partial charge in [0.25, 0.3) is 11.8 Å². The Hall–Kier alpha value is -3.98. The minimum absolute atomic E-state index is 0.0355. The van der Waals surface area contributed by atoms with Gasteiger partial charge < -0.3 is 15.0 Å². The third-order valence-electron chi connectivity index (χ3n) is 5.89. The number of aromatic nitrogens is 3. The summed E-state index contributed by atoms with van der Waals surface area (Å²) in [6, 6.07) is 18.7. The Morgan fingerprint density at radius 3 is 2.68 bits per heavy atom. The lowest BCUT2D eigenvalue weighted by atomic mass is 9.98. The standard InChI is InChI=1S/C25H23N5O3S/c1-33-21-4-2-3-17(13-21)18-11-12-29(14-18)25(32)23-10-9-22(34-23)24(31)28-19-5-7-20(8-6-19)30-16-26-15-27-30/h2-10,13,15-16,18H,11-12,14H2,1H3,(H,28,31). The van der Waals surface area contributed by atoms with E-state index in [4.69, 9.17) is 4.74 Å². The maximum atomic E-state index is 13.1. The molecule has 5 rings (SSSR count). The Kier molecular flexibility index (Phi) is 6.09. The van der Waals surface area contributed by atoms with Crippen LogP contribution in [0.5, 0.6) is 5.75 Å². The van der Waals surface area contributed by atoms with Crippen molar-refractivity contribution in [2.24, 2.45) is 0 Å². The first-order chi connectivity index (χ1) is 16.6. The van der Waals surface area contributed by atoms with Gasteiger partial charge in [-0.15, -0.1) is 11.3 Å². The second kappa shape index (κ2) is 9.48. The van der Waals surface area contributed by atoms with E-state index in [1.807, 2.05) is 35.2 Å². The number of hydrogen-bond acceptors (Lipinski definition) is 6. The van der Waals surface area contributed by atoms with Gasteiger partial charge in [0.05, 0.1) is 22.6 Å². The molecule has 8 nitrogen and oxygen atoms in total. The predicted octanol–water partition coefficient (Wildman–Crippen LogP) is 4.22. The molecule has 0 radical (unpaired) electrons. The van der Waals surface area contributed by atoms with Crippen LogP contribution in [0, 0.1) is 0 Å². The first kappa shape index (κ1) is 21.8. The number of nitrogens with one attached hydrogen (secondary N) is 1. The van der Waals surface area contributed by atoms with Crippen molar-refractivity contribution in [3.63, 3.8) is 0 Å². The molecule has 2 aromatic carbocycles. The van der Waals surface area contributed by atoms with Crippen molar-refractivity contribution in [3.05, 3.63) is 88.6 Å². The zero-order chi connectivity index (χ0) is 23.5. The number of amides is 2. The van der Waals surface area contributed by atoms with E-state index < -0.39 is 0 Å². The van der Waals surface area contributed by atoms with Crippen molar-refractivity contribution in [1.29, 1.82) is 0 Å². The summed E-state index contributed by atoms with van der Waals surface area (Å²) < 4.78 is 6.96. The second-order valence-electron chi connectivity index (χ2n) is 8.02. The predicted molar refractivity (Wildman–Crippen MR) is 130 cm³/mol. The van der Waals surface area contributed by atoms with E-state index in [9.17, 15) is 9.59 Å². The van der Waals surface area contributed by atoms with Gasteiger partial charge in [-0.3, -0.25) is 9.59 Å². The molecule has 1 aliphatic rings. The van der Waals surface area contributed by atoms with Crippen LogP contribution in [0.3, 0.4) is 0 Å². The third-order valence-corrected chi connectivity index (χ3v) is 6.96. The Balaban J connectivity index is 1.21. The molecular formula is C25H23N5O3S. The first-order valence-electron chi connectivity index (χ1n) is 10.9. The summed E-state index contributed by atoms with van der Waals surface area (Å²) in [6.45, 7) is 1.35. The molecule has 172 valence electrons. The number of likely N-dealkylation sites (tertiary alicyclic amines) is 1. The number of rotatable bonds is 6. The molecule has 0 saturated carbocycles. The third kappa shape index (κ3) is 4.55. The zero-order valence-corrected chi connectivity index (χ0v) is 19.4. The Labute approximate surface area is 200 Å². The van der Waals surface area contributed by atoms with Crippen LogP contribution < -0.4 is 10.1 Å². The molecule has 1 fully saturated rings. The molecule has 2 amide bonds. The summed E-state index contributed by atoms with van der Waals surface area (Å²) in [6.07, 6.45) is 3.98. The second-order valence-corrected chi connectivity index (χ2v) is 9.10. The fraction of sp³-hybridized carbons (Fsp3) is 0.200. The molecule has 9 heteroatoms. The first-order valence-corrected chi connectivity index (χ1v) is 11.7. The summed E-state index contributed by atoms with van der Waals surface area (Å²) in [5.74, 6) is 0.825.